The van der Waals surface area contributed by atoms with Crippen LogP contribution in [0.2, 0.25) is 0 Å². The average Bonchev–Trinajstić information content (AvgIpc) is 3.32. The second-order valence-corrected chi connectivity index (χ2v) is 14.3. The average molecular weight is 758 g/mol. The molecule has 0 fully saturated rings. The Bertz CT molecular complexity index is 2660. The molecule has 59 heavy (non-hydrogen) atoms. The molecule has 0 atom stereocenters. The Hall–Kier alpha value is -7.88. The molecular formula is C56H43N3. The summed E-state index contributed by atoms with van der Waals surface area (Å²) in [5.74, 6) is 0. The van der Waals surface area contributed by atoms with E-state index in [1.807, 2.05) is 6.07 Å². The van der Waals surface area contributed by atoms with Crippen LogP contribution in [0.25, 0.3) is 23.3 Å². The zero-order chi connectivity index (χ0) is 39.6. The fourth-order valence-corrected chi connectivity index (χ4v) is 7.50. The van der Waals surface area contributed by atoms with Gasteiger partial charge in [-0.3, -0.25) is 0 Å². The van der Waals surface area contributed by atoms with Gasteiger partial charge >= 0.3 is 0 Å². The van der Waals surface area contributed by atoms with Gasteiger partial charge in [0.15, 0.2) is 0 Å². The predicted octanol–water partition coefficient (Wildman–Crippen LogP) is 15.9. The summed E-state index contributed by atoms with van der Waals surface area (Å²) in [5, 5.41) is 0. The van der Waals surface area contributed by atoms with E-state index in [1.54, 1.807) is 0 Å². The van der Waals surface area contributed by atoms with Gasteiger partial charge in [-0.15, -0.1) is 0 Å². The van der Waals surface area contributed by atoms with E-state index in [-0.39, 0.29) is 0 Å². The number of hydrogen-bond donors (Lipinski definition) is 0. The Morgan fingerprint density at radius 1 is 0.186 bits per heavy atom. The van der Waals surface area contributed by atoms with Crippen LogP contribution in [0, 0.1) is 0 Å². The lowest BCUT2D eigenvalue weighted by atomic mass is 10.0. The smallest absolute Gasteiger partial charge is 0.0463 e. The molecule has 0 aliphatic rings. The molecule has 9 aromatic rings. The lowest BCUT2D eigenvalue weighted by Crippen LogP contribution is -2.12. The van der Waals surface area contributed by atoms with Crippen LogP contribution in [0.15, 0.2) is 249 Å². The van der Waals surface area contributed by atoms with Crippen LogP contribution in [0.4, 0.5) is 51.2 Å². The van der Waals surface area contributed by atoms with Gasteiger partial charge in [-0.25, -0.2) is 0 Å². The van der Waals surface area contributed by atoms with E-state index in [0.29, 0.717) is 0 Å². The minimum absolute atomic E-state index is 1.08. The quantitative estimate of drug-likeness (QED) is 0.115. The number of rotatable bonds is 12. The van der Waals surface area contributed by atoms with Gasteiger partial charge in [-0.1, -0.05) is 152 Å². The second kappa shape index (κ2) is 17.5. The topological polar surface area (TPSA) is 9.72 Å². The summed E-state index contributed by atoms with van der Waals surface area (Å²) in [4.78, 5) is 6.91. The molecule has 282 valence electrons. The van der Waals surface area contributed by atoms with Crippen molar-refractivity contribution in [3.8, 4) is 11.1 Å². The molecule has 0 aliphatic carbocycles. The van der Waals surface area contributed by atoms with Gasteiger partial charge in [0, 0.05) is 51.2 Å². The van der Waals surface area contributed by atoms with Crippen LogP contribution >= 0.6 is 0 Å². The molecule has 0 amide bonds. The predicted molar refractivity (Wildman–Crippen MR) is 251 cm³/mol. The van der Waals surface area contributed by atoms with Crippen molar-refractivity contribution in [3.05, 3.63) is 260 Å². The second-order valence-electron chi connectivity index (χ2n) is 14.3. The lowest BCUT2D eigenvalue weighted by Gasteiger charge is -2.28. The summed E-state index contributed by atoms with van der Waals surface area (Å²) in [7, 11) is 0. The largest absolute Gasteiger partial charge is 0.311 e. The standard InChI is InChI=1S/C56H43N3/c1-6-16-44(17-7-1)26-27-45-28-34-52(35-29-45)58(50-22-12-4-13-23-50)53-36-30-46(31-37-53)47-32-38-54(39-33-47)59(51-24-14-5-15-25-51)56-42-40-55(41-43-56)57(48-18-8-2-9-19-48)49-20-10-3-11-21-49/h1-43H/b27-26-. The molecule has 9 rings (SSSR count). The fraction of sp³-hybridized carbons (Fsp3) is 0. The van der Waals surface area contributed by atoms with Gasteiger partial charge in [0.1, 0.15) is 0 Å². The molecule has 0 heterocycles. The van der Waals surface area contributed by atoms with E-state index in [4.69, 9.17) is 0 Å². The maximum atomic E-state index is 2.31. The van der Waals surface area contributed by atoms with Gasteiger partial charge in [-0.2, -0.15) is 0 Å². The number of benzene rings is 9. The summed E-state index contributed by atoms with van der Waals surface area (Å²) in [6.07, 6.45) is 4.31. The molecule has 0 unspecified atom stereocenters. The summed E-state index contributed by atoms with van der Waals surface area (Å²) in [6, 6.07) is 87.9. The maximum absolute atomic E-state index is 2.31. The van der Waals surface area contributed by atoms with Gasteiger partial charge in [0.2, 0.25) is 0 Å². The van der Waals surface area contributed by atoms with Crippen molar-refractivity contribution < 1.29 is 0 Å². The summed E-state index contributed by atoms with van der Waals surface area (Å²) in [6.45, 7) is 0. The molecular weight excluding hydrogens is 715 g/mol. The van der Waals surface area contributed by atoms with Crippen molar-refractivity contribution in [2.24, 2.45) is 0 Å². The summed E-state index contributed by atoms with van der Waals surface area (Å²) >= 11 is 0. The van der Waals surface area contributed by atoms with Crippen LogP contribution in [0.5, 0.6) is 0 Å². The lowest BCUT2D eigenvalue weighted by molar-refractivity contribution is 1.26. The number of nitrogens with zero attached hydrogens (tertiary/aromatic N) is 3. The first kappa shape index (κ1) is 36.7. The highest BCUT2D eigenvalue weighted by Gasteiger charge is 2.17. The van der Waals surface area contributed by atoms with Gasteiger partial charge in [-0.05, 0) is 131 Å². The van der Waals surface area contributed by atoms with Gasteiger partial charge < -0.3 is 14.7 Å². The molecule has 0 radical (unpaired) electrons. The Morgan fingerprint density at radius 3 is 0.678 bits per heavy atom. The van der Waals surface area contributed by atoms with Crippen molar-refractivity contribution >= 4 is 63.3 Å². The first-order chi connectivity index (χ1) is 29.3. The summed E-state index contributed by atoms with van der Waals surface area (Å²) < 4.78 is 0. The highest BCUT2D eigenvalue weighted by molar-refractivity contribution is 5.83. The number of anilines is 9. The van der Waals surface area contributed by atoms with Crippen LogP contribution in [-0.4, -0.2) is 0 Å². The molecule has 3 nitrogen and oxygen atoms in total. The third kappa shape index (κ3) is 8.46. The van der Waals surface area contributed by atoms with Crippen LogP contribution in [0.3, 0.4) is 0 Å². The fourth-order valence-electron chi connectivity index (χ4n) is 7.50. The minimum atomic E-state index is 1.08. The third-order valence-corrected chi connectivity index (χ3v) is 10.4. The third-order valence-electron chi connectivity index (χ3n) is 10.4. The number of para-hydroxylation sites is 4. The van der Waals surface area contributed by atoms with E-state index in [1.165, 1.54) is 5.56 Å². The van der Waals surface area contributed by atoms with Crippen molar-refractivity contribution in [1.29, 1.82) is 0 Å². The Labute approximate surface area is 347 Å². The van der Waals surface area contributed by atoms with Crippen LogP contribution in [0.1, 0.15) is 11.1 Å². The molecule has 9 aromatic carbocycles. The minimum Gasteiger partial charge on any atom is -0.311 e. The van der Waals surface area contributed by atoms with Crippen LogP contribution in [-0.2, 0) is 0 Å². The van der Waals surface area contributed by atoms with E-state index in [2.05, 4.69) is 270 Å². The van der Waals surface area contributed by atoms with Gasteiger partial charge in [0.25, 0.3) is 0 Å². The van der Waals surface area contributed by atoms with Crippen molar-refractivity contribution in [2.45, 2.75) is 0 Å². The molecule has 0 saturated heterocycles. The molecule has 3 heteroatoms. The van der Waals surface area contributed by atoms with Crippen LogP contribution < -0.4 is 14.7 Å². The molecule has 0 N–H and O–H groups in total. The molecule has 0 spiro atoms. The van der Waals surface area contributed by atoms with Gasteiger partial charge in [0.05, 0.1) is 0 Å². The summed E-state index contributed by atoms with van der Waals surface area (Å²) in [5.41, 5.74) is 14.6. The normalized spacial score (nSPS) is 11.0. The van der Waals surface area contributed by atoms with Crippen molar-refractivity contribution in [3.63, 3.8) is 0 Å². The van der Waals surface area contributed by atoms with E-state index < -0.39 is 0 Å². The Morgan fingerprint density at radius 2 is 0.390 bits per heavy atom. The highest BCUT2D eigenvalue weighted by atomic mass is 15.2. The first-order valence-corrected chi connectivity index (χ1v) is 20.0. The maximum Gasteiger partial charge on any atom is 0.0463 e. The van der Waals surface area contributed by atoms with Crippen molar-refractivity contribution in [1.82, 2.24) is 0 Å². The number of hydrogen-bond acceptors (Lipinski definition) is 3. The SMILES string of the molecule is C(=C/c1ccc(N(c2ccccc2)c2ccc(-c3ccc(N(c4ccccc4)c4ccc(N(c5ccccc5)c5ccccc5)cc4)cc3)cc2)cc1)/c1ccccc1. The van der Waals surface area contributed by atoms with E-state index in [9.17, 15) is 0 Å². The highest BCUT2D eigenvalue weighted by Crippen LogP contribution is 2.40. The van der Waals surface area contributed by atoms with E-state index >= 15 is 0 Å². The molecule has 0 aliphatic heterocycles. The zero-order valence-electron chi connectivity index (χ0n) is 32.7. The Balaban J connectivity index is 0.982. The Kier molecular flexibility index (Phi) is 10.9. The first-order valence-electron chi connectivity index (χ1n) is 20.0. The monoisotopic (exact) mass is 757 g/mol. The molecule has 0 saturated carbocycles. The molecule has 0 bridgehead atoms. The van der Waals surface area contributed by atoms with E-state index in [0.717, 1.165) is 67.9 Å². The zero-order valence-corrected chi connectivity index (χ0v) is 32.7. The molecule has 0 aromatic heterocycles. The van der Waals surface area contributed by atoms with Crippen molar-refractivity contribution in [2.75, 3.05) is 14.7 Å².